The summed E-state index contributed by atoms with van der Waals surface area (Å²) in [5.41, 5.74) is 2.34. The van der Waals surface area contributed by atoms with E-state index in [-0.39, 0.29) is 35.3 Å². The fraction of sp³-hybridized carbons (Fsp3) is 0.615. The third kappa shape index (κ3) is 5.31. The number of hydrogen-bond acceptors (Lipinski definition) is 5. The van der Waals surface area contributed by atoms with Crippen molar-refractivity contribution in [3.63, 3.8) is 0 Å². The van der Waals surface area contributed by atoms with Crippen LogP contribution in [-0.2, 0) is 9.59 Å². The van der Waals surface area contributed by atoms with Gasteiger partial charge in [0.15, 0.2) is 0 Å². The van der Waals surface area contributed by atoms with Crippen molar-refractivity contribution in [1.82, 2.24) is 20.9 Å². The Labute approximate surface area is 201 Å². The Hall–Kier alpha value is -1.83. The monoisotopic (exact) mass is 468 g/mol. The minimum absolute atomic E-state index is 0.0114. The van der Waals surface area contributed by atoms with Crippen LogP contribution in [0.3, 0.4) is 0 Å². The summed E-state index contributed by atoms with van der Waals surface area (Å²) in [5.74, 6) is 0.270. The van der Waals surface area contributed by atoms with Gasteiger partial charge in [0.1, 0.15) is 11.5 Å². The SMILES string of the molecule is O=C(NC1CCCCCCC1)C1CCCN(C2NC(=O)C3SC=C(c4ccccc4)C3N2)C1. The number of nitrogens with one attached hydrogen (secondary N) is 3. The number of amides is 2. The van der Waals surface area contributed by atoms with Crippen molar-refractivity contribution < 1.29 is 9.59 Å². The zero-order chi connectivity index (χ0) is 22.6. The van der Waals surface area contributed by atoms with Gasteiger partial charge in [-0.25, -0.2) is 0 Å². The van der Waals surface area contributed by atoms with Crippen LogP contribution in [0.5, 0.6) is 0 Å². The number of carbonyl (C=O) groups is 2. The molecule has 2 amide bonds. The summed E-state index contributed by atoms with van der Waals surface area (Å²) in [6, 6.07) is 10.6. The molecule has 0 bridgehead atoms. The zero-order valence-electron chi connectivity index (χ0n) is 19.3. The van der Waals surface area contributed by atoms with Crippen LogP contribution in [0.4, 0.5) is 0 Å². The van der Waals surface area contributed by atoms with E-state index in [4.69, 9.17) is 0 Å². The molecule has 6 nitrogen and oxygen atoms in total. The molecule has 1 aliphatic carbocycles. The number of hydrogen-bond donors (Lipinski definition) is 3. The number of nitrogens with zero attached hydrogens (tertiary/aromatic N) is 1. The average Bonchev–Trinajstić information content (AvgIpc) is 3.26. The molecule has 0 spiro atoms. The Morgan fingerprint density at radius 3 is 2.55 bits per heavy atom. The Kier molecular flexibility index (Phi) is 7.38. The molecule has 1 aromatic rings. The van der Waals surface area contributed by atoms with Crippen LogP contribution >= 0.6 is 11.8 Å². The highest BCUT2D eigenvalue weighted by Crippen LogP contribution is 2.38. The van der Waals surface area contributed by atoms with Crippen molar-refractivity contribution in [3.8, 4) is 0 Å². The molecule has 1 saturated carbocycles. The van der Waals surface area contributed by atoms with Crippen molar-refractivity contribution in [3.05, 3.63) is 41.3 Å². The van der Waals surface area contributed by atoms with Crippen LogP contribution in [0.25, 0.3) is 5.57 Å². The van der Waals surface area contributed by atoms with Gasteiger partial charge in [0, 0.05) is 19.1 Å². The summed E-state index contributed by atoms with van der Waals surface area (Å²) in [5, 5.41) is 12.2. The molecule has 4 aliphatic rings. The van der Waals surface area contributed by atoms with E-state index in [2.05, 4.69) is 38.4 Å². The Bertz CT molecular complexity index is 868. The molecule has 5 rings (SSSR count). The maximum Gasteiger partial charge on any atom is 0.237 e. The second-order valence-electron chi connectivity index (χ2n) is 9.94. The fourth-order valence-electron chi connectivity index (χ4n) is 5.73. The van der Waals surface area contributed by atoms with Gasteiger partial charge in [-0.3, -0.25) is 19.8 Å². The normalized spacial score (nSPS) is 31.6. The van der Waals surface area contributed by atoms with E-state index in [0.29, 0.717) is 12.6 Å². The quantitative estimate of drug-likeness (QED) is 0.631. The number of thioether (sulfide) groups is 1. The lowest BCUT2D eigenvalue weighted by Gasteiger charge is -2.43. The molecule has 0 aromatic heterocycles. The fourth-order valence-corrected chi connectivity index (χ4v) is 6.88. The molecule has 2 saturated heterocycles. The third-order valence-corrected chi connectivity index (χ3v) is 8.77. The first kappa shape index (κ1) is 22.9. The molecule has 3 N–H and O–H groups in total. The number of rotatable bonds is 4. The Morgan fingerprint density at radius 2 is 1.76 bits per heavy atom. The lowest BCUT2D eigenvalue weighted by atomic mass is 9.93. The van der Waals surface area contributed by atoms with Gasteiger partial charge in [-0.05, 0) is 42.2 Å². The van der Waals surface area contributed by atoms with E-state index in [1.54, 1.807) is 11.8 Å². The van der Waals surface area contributed by atoms with Crippen molar-refractivity contribution in [2.45, 2.75) is 81.4 Å². The molecular formula is C26H36N4O2S. The lowest BCUT2D eigenvalue weighted by molar-refractivity contribution is -0.129. The summed E-state index contributed by atoms with van der Waals surface area (Å²) in [6.45, 7) is 1.57. The molecule has 3 fully saturated rings. The van der Waals surface area contributed by atoms with Gasteiger partial charge in [0.25, 0.3) is 0 Å². The Morgan fingerprint density at radius 1 is 1.00 bits per heavy atom. The highest BCUT2D eigenvalue weighted by Gasteiger charge is 2.44. The minimum Gasteiger partial charge on any atom is -0.353 e. The second-order valence-corrected chi connectivity index (χ2v) is 11.0. The number of benzene rings is 1. The molecule has 3 heterocycles. The van der Waals surface area contributed by atoms with Crippen LogP contribution in [0.2, 0.25) is 0 Å². The standard InChI is InChI=1S/C26H36N4O2S/c31-24(27-20-13-7-2-1-3-8-14-20)19-12-9-15-30(16-19)26-28-22-21(18-10-5-4-6-11-18)17-33-23(22)25(32)29-26/h4-6,10-11,17,19-20,22-23,26,28H,1-3,7-9,12-16H2,(H,27,31)(H,29,32). The number of piperidine rings is 1. The predicted octanol–water partition coefficient (Wildman–Crippen LogP) is 3.46. The van der Waals surface area contributed by atoms with E-state index in [1.165, 1.54) is 37.7 Å². The minimum atomic E-state index is -0.235. The number of likely N-dealkylation sites (tertiary alicyclic amines) is 1. The van der Waals surface area contributed by atoms with E-state index in [0.717, 1.165) is 37.8 Å². The Balaban J connectivity index is 1.21. The van der Waals surface area contributed by atoms with E-state index < -0.39 is 0 Å². The number of fused-ring (bicyclic) bond motifs is 1. The van der Waals surface area contributed by atoms with E-state index in [1.807, 2.05) is 18.2 Å². The van der Waals surface area contributed by atoms with Gasteiger partial charge < -0.3 is 10.6 Å². The van der Waals surface area contributed by atoms with E-state index >= 15 is 0 Å². The smallest absolute Gasteiger partial charge is 0.237 e. The van der Waals surface area contributed by atoms with Gasteiger partial charge in [-0.1, -0.05) is 62.4 Å². The molecule has 1 aromatic carbocycles. The van der Waals surface area contributed by atoms with E-state index in [9.17, 15) is 9.59 Å². The molecule has 3 aliphatic heterocycles. The van der Waals surface area contributed by atoms with Crippen LogP contribution in [0, 0.1) is 5.92 Å². The van der Waals surface area contributed by atoms with Crippen molar-refractivity contribution >= 4 is 29.1 Å². The maximum atomic E-state index is 13.1. The van der Waals surface area contributed by atoms with Gasteiger partial charge >= 0.3 is 0 Å². The molecule has 4 unspecified atom stereocenters. The van der Waals surface area contributed by atoms with Gasteiger partial charge in [-0.2, -0.15) is 0 Å². The number of carbonyl (C=O) groups excluding carboxylic acids is 2. The highest BCUT2D eigenvalue weighted by atomic mass is 32.2. The molecule has 7 heteroatoms. The maximum absolute atomic E-state index is 13.1. The van der Waals surface area contributed by atoms with Gasteiger partial charge in [-0.15, -0.1) is 11.8 Å². The summed E-state index contributed by atoms with van der Waals surface area (Å²) in [4.78, 5) is 28.3. The van der Waals surface area contributed by atoms with Crippen molar-refractivity contribution in [2.24, 2.45) is 5.92 Å². The van der Waals surface area contributed by atoms with Crippen LogP contribution < -0.4 is 16.0 Å². The third-order valence-electron chi connectivity index (χ3n) is 7.60. The molecule has 4 atom stereocenters. The topological polar surface area (TPSA) is 73.5 Å². The summed E-state index contributed by atoms with van der Waals surface area (Å²) >= 11 is 1.59. The van der Waals surface area contributed by atoms with Crippen molar-refractivity contribution in [2.75, 3.05) is 13.1 Å². The molecule has 178 valence electrons. The lowest BCUT2D eigenvalue weighted by Crippen LogP contribution is -2.69. The largest absolute Gasteiger partial charge is 0.353 e. The molecule has 0 radical (unpaired) electrons. The average molecular weight is 469 g/mol. The van der Waals surface area contributed by atoms with Crippen LogP contribution in [0.1, 0.15) is 63.4 Å². The predicted molar refractivity (Wildman–Crippen MR) is 133 cm³/mol. The summed E-state index contributed by atoms with van der Waals surface area (Å²) in [7, 11) is 0. The van der Waals surface area contributed by atoms with Gasteiger partial charge in [0.2, 0.25) is 11.8 Å². The first-order valence-corrected chi connectivity index (χ1v) is 13.6. The van der Waals surface area contributed by atoms with Gasteiger partial charge in [0.05, 0.1) is 12.0 Å². The highest BCUT2D eigenvalue weighted by molar-refractivity contribution is 8.04. The van der Waals surface area contributed by atoms with Crippen LogP contribution in [-0.4, -0.2) is 53.4 Å². The summed E-state index contributed by atoms with van der Waals surface area (Å²) < 4.78 is 0. The summed E-state index contributed by atoms with van der Waals surface area (Å²) in [6.07, 6.45) is 10.2. The first-order valence-electron chi connectivity index (χ1n) is 12.7. The zero-order valence-corrected chi connectivity index (χ0v) is 20.1. The first-order chi connectivity index (χ1) is 16.2. The second kappa shape index (κ2) is 10.6. The molecular weight excluding hydrogens is 432 g/mol. The van der Waals surface area contributed by atoms with Crippen molar-refractivity contribution in [1.29, 1.82) is 0 Å². The van der Waals surface area contributed by atoms with Crippen LogP contribution in [0.15, 0.2) is 35.7 Å². The molecule has 33 heavy (non-hydrogen) atoms.